The van der Waals surface area contributed by atoms with Gasteiger partial charge in [0.05, 0.1) is 0 Å². The minimum absolute atomic E-state index is 0.0760. The molecule has 0 saturated heterocycles. The number of urea groups is 1. The third kappa shape index (κ3) is 4.41. The number of anilines is 1. The van der Waals surface area contributed by atoms with Gasteiger partial charge in [-0.15, -0.1) is 0 Å². The number of aliphatic carboxylic acids is 1. The number of aryl methyl sites for hydroxylation is 1. The maximum absolute atomic E-state index is 13.1. The molecular weight excluding hydrogens is 279 g/mol. The minimum atomic E-state index is -1.24. The Morgan fingerprint density at radius 3 is 2.29 bits per heavy atom. The summed E-state index contributed by atoms with van der Waals surface area (Å²) >= 11 is 0. The van der Waals surface area contributed by atoms with Gasteiger partial charge in [0.25, 0.3) is 5.91 Å². The van der Waals surface area contributed by atoms with Crippen LogP contribution in [0.2, 0.25) is 0 Å². The molecule has 0 bridgehead atoms. The second kappa shape index (κ2) is 6.65. The van der Waals surface area contributed by atoms with Crippen LogP contribution < -0.4 is 10.6 Å². The maximum atomic E-state index is 13.1. The van der Waals surface area contributed by atoms with E-state index in [1.807, 2.05) is 5.32 Å². The number of nitrogens with one attached hydrogen (secondary N) is 2. The van der Waals surface area contributed by atoms with Crippen LogP contribution in [0, 0.1) is 12.7 Å². The second-order valence-corrected chi connectivity index (χ2v) is 4.43. The van der Waals surface area contributed by atoms with Crippen molar-refractivity contribution in [1.29, 1.82) is 0 Å². The van der Waals surface area contributed by atoms with Gasteiger partial charge in [0.2, 0.25) is 0 Å². The molecule has 0 saturated carbocycles. The van der Waals surface area contributed by atoms with Crippen LogP contribution in [-0.4, -0.2) is 23.0 Å². The predicted molar refractivity (Wildman–Crippen MR) is 74.3 cm³/mol. The van der Waals surface area contributed by atoms with Gasteiger partial charge >= 0.3 is 12.0 Å². The highest BCUT2D eigenvalue weighted by atomic mass is 19.1. The van der Waals surface area contributed by atoms with Gasteiger partial charge in [0.15, 0.2) is 0 Å². The Hall–Kier alpha value is -2.70. The summed E-state index contributed by atoms with van der Waals surface area (Å²) in [5.74, 6) is -2.46. The zero-order chi connectivity index (χ0) is 16.2. The van der Waals surface area contributed by atoms with Crippen molar-refractivity contribution >= 4 is 23.6 Å². The van der Waals surface area contributed by atoms with E-state index in [9.17, 15) is 18.8 Å². The van der Waals surface area contributed by atoms with E-state index in [1.54, 1.807) is 0 Å². The summed E-state index contributed by atoms with van der Waals surface area (Å²) < 4.78 is 13.1. The second-order valence-electron chi connectivity index (χ2n) is 4.43. The fraction of sp³-hybridized carbons (Fsp3) is 0.214. The number of benzene rings is 1. The van der Waals surface area contributed by atoms with Crippen molar-refractivity contribution in [3.8, 4) is 0 Å². The average Bonchev–Trinajstić information content (AvgIpc) is 2.40. The number of hydrogen-bond acceptors (Lipinski definition) is 3. The SMILES string of the molecule is CC(C(=O)O)=C(C)C(=O)NC(=O)Nc1ccc(F)c(C)c1. The highest BCUT2D eigenvalue weighted by molar-refractivity contribution is 6.10. The van der Waals surface area contributed by atoms with Gasteiger partial charge in [0.1, 0.15) is 5.82 Å². The van der Waals surface area contributed by atoms with Gasteiger partial charge in [-0.05, 0) is 44.5 Å². The zero-order valence-corrected chi connectivity index (χ0v) is 11.8. The van der Waals surface area contributed by atoms with Crippen LogP contribution in [0.4, 0.5) is 14.9 Å². The molecular formula is C14H15FN2O4. The van der Waals surface area contributed by atoms with Gasteiger partial charge in [-0.25, -0.2) is 14.0 Å². The zero-order valence-electron chi connectivity index (χ0n) is 11.8. The molecule has 0 radical (unpaired) electrons. The van der Waals surface area contributed by atoms with E-state index in [-0.39, 0.29) is 11.1 Å². The lowest BCUT2D eigenvalue weighted by molar-refractivity contribution is -0.133. The number of carbonyl (C=O) groups is 3. The minimum Gasteiger partial charge on any atom is -0.478 e. The molecule has 3 amide bonds. The first kappa shape index (κ1) is 16.4. The van der Waals surface area contributed by atoms with Crippen molar-refractivity contribution < 1.29 is 23.9 Å². The van der Waals surface area contributed by atoms with Crippen LogP contribution in [0.15, 0.2) is 29.3 Å². The first-order valence-electron chi connectivity index (χ1n) is 6.01. The molecule has 1 rings (SSSR count). The highest BCUT2D eigenvalue weighted by Crippen LogP contribution is 2.13. The average molecular weight is 294 g/mol. The monoisotopic (exact) mass is 294 g/mol. The molecule has 0 unspecified atom stereocenters. The quantitative estimate of drug-likeness (QED) is 0.745. The van der Waals surface area contributed by atoms with E-state index in [1.165, 1.54) is 39.0 Å². The van der Waals surface area contributed by atoms with Crippen LogP contribution in [0.3, 0.4) is 0 Å². The maximum Gasteiger partial charge on any atom is 0.331 e. The third-order valence-electron chi connectivity index (χ3n) is 2.87. The van der Waals surface area contributed by atoms with E-state index in [0.717, 1.165) is 0 Å². The van der Waals surface area contributed by atoms with E-state index in [2.05, 4.69) is 5.32 Å². The van der Waals surface area contributed by atoms with Crippen LogP contribution >= 0.6 is 0 Å². The van der Waals surface area contributed by atoms with Crippen molar-refractivity contribution in [3.05, 3.63) is 40.7 Å². The lowest BCUT2D eigenvalue weighted by Crippen LogP contribution is -2.35. The number of carboxylic acid groups (broad SMARTS) is 1. The number of amides is 3. The van der Waals surface area contributed by atoms with Crippen LogP contribution in [0.1, 0.15) is 19.4 Å². The molecule has 0 aliphatic rings. The number of halogens is 1. The Balaban J connectivity index is 2.74. The largest absolute Gasteiger partial charge is 0.478 e. The Kier molecular flexibility index (Phi) is 5.18. The molecule has 1 aromatic carbocycles. The summed E-state index contributed by atoms with van der Waals surface area (Å²) in [5.41, 5.74) is 0.429. The number of imide groups is 1. The van der Waals surface area contributed by atoms with Crippen LogP contribution in [0.5, 0.6) is 0 Å². The molecule has 0 spiro atoms. The molecule has 21 heavy (non-hydrogen) atoms. The molecule has 0 aromatic heterocycles. The molecule has 0 atom stereocenters. The molecule has 0 aliphatic carbocycles. The van der Waals surface area contributed by atoms with E-state index in [4.69, 9.17) is 5.11 Å². The standard InChI is InChI=1S/C14H15FN2O4/c1-7-6-10(4-5-11(7)15)16-14(21)17-12(18)8(2)9(3)13(19)20/h4-6H,1-3H3,(H,19,20)(H2,16,17,18,21). The fourth-order valence-corrected chi connectivity index (χ4v) is 1.41. The lowest BCUT2D eigenvalue weighted by atomic mass is 10.1. The Morgan fingerprint density at radius 2 is 1.76 bits per heavy atom. The predicted octanol–water partition coefficient (Wildman–Crippen LogP) is 2.20. The van der Waals surface area contributed by atoms with Gasteiger partial charge in [-0.2, -0.15) is 0 Å². The van der Waals surface area contributed by atoms with Crippen molar-refractivity contribution in [2.45, 2.75) is 20.8 Å². The smallest absolute Gasteiger partial charge is 0.331 e. The molecule has 3 N–H and O–H groups in total. The van der Waals surface area contributed by atoms with Gasteiger partial charge in [-0.3, -0.25) is 10.1 Å². The molecule has 0 fully saturated rings. The number of rotatable bonds is 3. The fourth-order valence-electron chi connectivity index (χ4n) is 1.41. The summed E-state index contributed by atoms with van der Waals surface area (Å²) in [4.78, 5) is 34.0. The van der Waals surface area contributed by atoms with Crippen molar-refractivity contribution in [3.63, 3.8) is 0 Å². The molecule has 7 heteroatoms. The molecule has 112 valence electrons. The number of carboxylic acids is 1. The van der Waals surface area contributed by atoms with Crippen LogP contribution in [-0.2, 0) is 9.59 Å². The summed E-state index contributed by atoms with van der Waals surface area (Å²) in [6.07, 6.45) is 0. The molecule has 1 aromatic rings. The number of hydrogen-bond donors (Lipinski definition) is 3. The first-order chi connectivity index (χ1) is 9.72. The molecule has 6 nitrogen and oxygen atoms in total. The Morgan fingerprint density at radius 1 is 1.14 bits per heavy atom. The molecule has 0 aliphatic heterocycles. The van der Waals surface area contributed by atoms with Crippen LogP contribution in [0.25, 0.3) is 0 Å². The van der Waals surface area contributed by atoms with Crippen molar-refractivity contribution in [2.24, 2.45) is 0 Å². The Bertz CT molecular complexity index is 638. The first-order valence-corrected chi connectivity index (χ1v) is 6.01. The van der Waals surface area contributed by atoms with Crippen molar-refractivity contribution in [2.75, 3.05) is 5.32 Å². The van der Waals surface area contributed by atoms with Gasteiger partial charge in [0, 0.05) is 16.8 Å². The summed E-state index contributed by atoms with van der Waals surface area (Å²) in [6.45, 7) is 4.10. The summed E-state index contributed by atoms with van der Waals surface area (Å²) in [5, 5.41) is 13.1. The van der Waals surface area contributed by atoms with Gasteiger partial charge < -0.3 is 10.4 Å². The van der Waals surface area contributed by atoms with E-state index < -0.39 is 23.7 Å². The summed E-state index contributed by atoms with van der Waals surface area (Å²) in [6, 6.07) is 3.11. The highest BCUT2D eigenvalue weighted by Gasteiger charge is 2.15. The van der Waals surface area contributed by atoms with Gasteiger partial charge in [-0.1, -0.05) is 0 Å². The Labute approximate surface area is 120 Å². The molecule has 0 heterocycles. The van der Waals surface area contributed by atoms with E-state index in [0.29, 0.717) is 11.3 Å². The summed E-state index contributed by atoms with van der Waals surface area (Å²) in [7, 11) is 0. The van der Waals surface area contributed by atoms with E-state index >= 15 is 0 Å². The normalized spacial score (nSPS) is 11.4. The number of carbonyl (C=O) groups excluding carboxylic acids is 2. The topological polar surface area (TPSA) is 95.5 Å². The third-order valence-corrected chi connectivity index (χ3v) is 2.87. The van der Waals surface area contributed by atoms with Crippen molar-refractivity contribution in [1.82, 2.24) is 5.32 Å². The lowest BCUT2D eigenvalue weighted by Gasteiger charge is -2.08.